The van der Waals surface area contributed by atoms with Gasteiger partial charge in [-0.25, -0.2) is 15.0 Å². The number of hydrogen-bond acceptors (Lipinski definition) is 4. The van der Waals surface area contributed by atoms with Crippen LogP contribution in [0.4, 0.5) is 0 Å². The molecule has 8 rings (SSSR count). The minimum Gasteiger partial charge on any atom is -0.381 e. The van der Waals surface area contributed by atoms with E-state index in [1.807, 2.05) is 18.3 Å². The van der Waals surface area contributed by atoms with Crippen molar-refractivity contribution in [3.63, 3.8) is 0 Å². The van der Waals surface area contributed by atoms with E-state index in [0.717, 1.165) is 38.6 Å². The first-order chi connectivity index (χ1) is 22.8. The second-order valence-electron chi connectivity index (χ2n) is 11.4. The average molecular weight is 591 g/mol. The second-order valence-corrected chi connectivity index (χ2v) is 11.4. The van der Waals surface area contributed by atoms with Gasteiger partial charge in [-0.1, -0.05) is 152 Å². The number of hydrogen-bond donors (Lipinski definition) is 1. The zero-order valence-electron chi connectivity index (χ0n) is 25.1. The molecule has 6 aromatic carbocycles. The lowest BCUT2D eigenvalue weighted by molar-refractivity contribution is 0.747. The van der Waals surface area contributed by atoms with Crippen LogP contribution in [0.5, 0.6) is 0 Å². The third-order valence-electron chi connectivity index (χ3n) is 8.43. The molecule has 4 nitrogen and oxygen atoms in total. The maximum Gasteiger partial charge on any atom is 0.164 e. The Morgan fingerprint density at radius 2 is 1.00 bits per heavy atom. The fourth-order valence-electron chi connectivity index (χ4n) is 5.99. The van der Waals surface area contributed by atoms with Gasteiger partial charge in [-0.3, -0.25) is 0 Å². The van der Waals surface area contributed by atoms with Crippen LogP contribution in [0.15, 0.2) is 170 Å². The van der Waals surface area contributed by atoms with Gasteiger partial charge < -0.3 is 5.32 Å². The van der Waals surface area contributed by atoms with Gasteiger partial charge in [-0.15, -0.1) is 0 Å². The zero-order valence-corrected chi connectivity index (χ0v) is 25.1. The Kier molecular flexibility index (Phi) is 7.21. The van der Waals surface area contributed by atoms with E-state index >= 15 is 0 Å². The molecule has 46 heavy (non-hydrogen) atoms. The molecule has 1 aliphatic rings. The van der Waals surface area contributed by atoms with E-state index in [2.05, 4.69) is 157 Å². The molecule has 4 heteroatoms. The monoisotopic (exact) mass is 590 g/mol. The van der Waals surface area contributed by atoms with Crippen LogP contribution in [-0.4, -0.2) is 15.0 Å². The van der Waals surface area contributed by atoms with E-state index in [9.17, 15) is 0 Å². The van der Waals surface area contributed by atoms with Crippen LogP contribution in [0.2, 0.25) is 0 Å². The molecule has 1 unspecified atom stereocenters. The molecule has 0 bridgehead atoms. The fraction of sp³-hybridized carbons (Fsp3) is 0.0238. The summed E-state index contributed by atoms with van der Waals surface area (Å²) in [5.41, 5.74) is 8.72. The quantitative estimate of drug-likeness (QED) is 0.209. The first-order valence-corrected chi connectivity index (χ1v) is 15.5. The highest BCUT2D eigenvalue weighted by molar-refractivity contribution is 5.95. The molecule has 218 valence electrons. The van der Waals surface area contributed by atoms with Crippen LogP contribution in [-0.2, 0) is 0 Å². The molecule has 0 fully saturated rings. The van der Waals surface area contributed by atoms with Crippen molar-refractivity contribution < 1.29 is 0 Å². The molecule has 0 aliphatic carbocycles. The van der Waals surface area contributed by atoms with Gasteiger partial charge in [-0.05, 0) is 56.9 Å². The Morgan fingerprint density at radius 3 is 1.72 bits per heavy atom. The Balaban J connectivity index is 1.19. The summed E-state index contributed by atoms with van der Waals surface area (Å²) in [6, 6.07) is 50.8. The normalized spacial score (nSPS) is 13.9. The summed E-state index contributed by atoms with van der Waals surface area (Å²) in [6.45, 7) is 0. The number of nitrogens with one attached hydrogen (secondary N) is 1. The van der Waals surface area contributed by atoms with E-state index in [1.54, 1.807) is 0 Å². The number of nitrogens with zero attached hydrogens (tertiary/aromatic N) is 3. The number of allylic oxidation sites excluding steroid dienone is 2. The van der Waals surface area contributed by atoms with Gasteiger partial charge in [0, 0.05) is 16.7 Å². The van der Waals surface area contributed by atoms with Crippen LogP contribution < -0.4 is 5.32 Å². The number of benzene rings is 6. The van der Waals surface area contributed by atoms with Crippen LogP contribution in [0, 0.1) is 0 Å². The van der Waals surface area contributed by atoms with Gasteiger partial charge >= 0.3 is 0 Å². The van der Waals surface area contributed by atoms with Crippen LogP contribution in [0.25, 0.3) is 67.2 Å². The van der Waals surface area contributed by atoms with Crippen molar-refractivity contribution in [2.75, 3.05) is 0 Å². The van der Waals surface area contributed by atoms with E-state index in [0.29, 0.717) is 17.5 Å². The Morgan fingerprint density at radius 1 is 0.435 bits per heavy atom. The fourth-order valence-corrected chi connectivity index (χ4v) is 5.99. The second kappa shape index (κ2) is 12.1. The smallest absolute Gasteiger partial charge is 0.164 e. The third kappa shape index (κ3) is 5.49. The third-order valence-corrected chi connectivity index (χ3v) is 8.43. The highest BCUT2D eigenvalue weighted by Gasteiger charge is 2.15. The summed E-state index contributed by atoms with van der Waals surface area (Å²) in [5.74, 6) is 1.94. The van der Waals surface area contributed by atoms with E-state index in [4.69, 9.17) is 15.0 Å². The molecule has 1 atom stereocenters. The summed E-state index contributed by atoms with van der Waals surface area (Å²) >= 11 is 0. The number of fused-ring (bicyclic) bond motifs is 1. The Labute approximate surface area is 268 Å². The molecule has 1 aliphatic heterocycles. The minimum atomic E-state index is 0.169. The Hall–Kier alpha value is -6.13. The van der Waals surface area contributed by atoms with Gasteiger partial charge in [0.05, 0.1) is 6.04 Å². The van der Waals surface area contributed by atoms with E-state index in [1.165, 1.54) is 16.7 Å². The van der Waals surface area contributed by atoms with Crippen molar-refractivity contribution in [1.82, 2.24) is 20.3 Å². The number of aromatic nitrogens is 3. The Bertz CT molecular complexity index is 2210. The molecule has 1 aromatic heterocycles. The van der Waals surface area contributed by atoms with E-state index in [-0.39, 0.29) is 6.04 Å². The summed E-state index contributed by atoms with van der Waals surface area (Å²) in [5, 5.41) is 5.68. The van der Waals surface area contributed by atoms with Crippen molar-refractivity contribution in [2.45, 2.75) is 6.04 Å². The summed E-state index contributed by atoms with van der Waals surface area (Å²) in [6.07, 6.45) is 8.25. The summed E-state index contributed by atoms with van der Waals surface area (Å²) < 4.78 is 0. The lowest BCUT2D eigenvalue weighted by Gasteiger charge is -2.17. The van der Waals surface area contributed by atoms with Crippen molar-refractivity contribution in [3.05, 3.63) is 176 Å². The molecule has 0 amide bonds. The maximum atomic E-state index is 5.05. The van der Waals surface area contributed by atoms with Crippen LogP contribution >= 0.6 is 0 Å². The van der Waals surface area contributed by atoms with Gasteiger partial charge in [0.25, 0.3) is 0 Å². The molecule has 1 N–H and O–H groups in total. The largest absolute Gasteiger partial charge is 0.381 e. The minimum absolute atomic E-state index is 0.169. The van der Waals surface area contributed by atoms with Crippen molar-refractivity contribution in [2.24, 2.45) is 0 Å². The molecule has 7 aromatic rings. The molecular formula is C42H30N4. The predicted molar refractivity (Wildman–Crippen MR) is 189 cm³/mol. The lowest BCUT2D eigenvalue weighted by Crippen LogP contribution is -2.14. The first kappa shape index (κ1) is 27.4. The highest BCUT2D eigenvalue weighted by atomic mass is 15.0. The first-order valence-electron chi connectivity index (χ1n) is 15.5. The van der Waals surface area contributed by atoms with Crippen LogP contribution in [0.3, 0.4) is 0 Å². The van der Waals surface area contributed by atoms with Crippen LogP contribution in [0.1, 0.15) is 11.6 Å². The lowest BCUT2D eigenvalue weighted by atomic mass is 9.98. The highest BCUT2D eigenvalue weighted by Crippen LogP contribution is 2.32. The van der Waals surface area contributed by atoms with Crippen molar-refractivity contribution in [3.8, 4) is 56.4 Å². The molecular weight excluding hydrogens is 560 g/mol. The van der Waals surface area contributed by atoms with Gasteiger partial charge in [0.15, 0.2) is 17.5 Å². The molecule has 0 saturated heterocycles. The average Bonchev–Trinajstić information content (AvgIpc) is 3.15. The van der Waals surface area contributed by atoms with Gasteiger partial charge in [0.1, 0.15) is 0 Å². The standard InChI is InChI=1S/C42H30N4/c1-2-10-29(11-3-1)30-19-23-33(24-20-30)40-44-41(46-42(45-40)38-17-9-13-32-12-4-5-16-37(32)38)34-25-21-31(22-26-34)35-14-8-15-36(28-35)39-18-6-7-27-43-39/h1-28,39,43H. The SMILES string of the molecule is C1=CNC(c2cccc(-c3ccc(-c4nc(-c5ccc(-c6ccccc6)cc5)nc(-c5cccc6ccccc56)n4)cc3)c2)C=C1. The molecule has 2 heterocycles. The summed E-state index contributed by atoms with van der Waals surface area (Å²) in [7, 11) is 0. The number of dihydropyridines is 1. The van der Waals surface area contributed by atoms with Crippen molar-refractivity contribution in [1.29, 1.82) is 0 Å². The molecule has 0 spiro atoms. The van der Waals surface area contributed by atoms with Gasteiger partial charge in [-0.2, -0.15) is 0 Å². The maximum absolute atomic E-state index is 5.05. The van der Waals surface area contributed by atoms with E-state index < -0.39 is 0 Å². The topological polar surface area (TPSA) is 50.7 Å². The zero-order chi connectivity index (χ0) is 30.7. The van der Waals surface area contributed by atoms with Crippen molar-refractivity contribution >= 4 is 10.8 Å². The predicted octanol–water partition coefficient (Wildman–Crippen LogP) is 10.1. The number of rotatable bonds is 6. The van der Waals surface area contributed by atoms with Gasteiger partial charge in [0.2, 0.25) is 0 Å². The molecule has 0 saturated carbocycles. The molecule has 0 radical (unpaired) electrons. The summed E-state index contributed by atoms with van der Waals surface area (Å²) in [4.78, 5) is 15.1.